The van der Waals surface area contributed by atoms with Crippen molar-refractivity contribution in [2.24, 2.45) is 0 Å². The lowest BCUT2D eigenvalue weighted by Gasteiger charge is -2.10. The van der Waals surface area contributed by atoms with Crippen molar-refractivity contribution >= 4 is 29.3 Å². The first-order chi connectivity index (χ1) is 12.9. The standard InChI is InChI=1S/C17H12F6N2O2S/c18-16(19,20)9-24-14(26)11-2-1-3-12(8-11)25-15(27)10-4-6-13(7-5-10)28-17(21,22)23/h1-8H,9H2,(H,24,26)(H,25,27). The van der Waals surface area contributed by atoms with Crippen molar-refractivity contribution in [2.45, 2.75) is 16.6 Å². The number of anilines is 1. The zero-order chi connectivity index (χ0) is 20.9. The van der Waals surface area contributed by atoms with Gasteiger partial charge in [0.15, 0.2) is 0 Å². The molecule has 2 aromatic rings. The molecule has 0 unspecified atom stereocenters. The number of alkyl halides is 6. The zero-order valence-corrected chi connectivity index (χ0v) is 14.6. The number of thioether (sulfide) groups is 1. The highest BCUT2D eigenvalue weighted by Crippen LogP contribution is 2.36. The van der Waals surface area contributed by atoms with Crippen LogP contribution >= 0.6 is 11.8 Å². The molecule has 0 saturated carbocycles. The summed E-state index contributed by atoms with van der Waals surface area (Å²) in [7, 11) is 0. The van der Waals surface area contributed by atoms with Crippen LogP contribution < -0.4 is 10.6 Å². The third-order valence-corrected chi connectivity index (χ3v) is 3.92. The van der Waals surface area contributed by atoms with Crippen LogP contribution in [0.2, 0.25) is 0 Å². The van der Waals surface area contributed by atoms with Crippen LogP contribution in [0.25, 0.3) is 0 Å². The molecule has 2 aromatic carbocycles. The summed E-state index contributed by atoms with van der Waals surface area (Å²) < 4.78 is 73.4. The van der Waals surface area contributed by atoms with Crippen molar-refractivity contribution in [2.75, 3.05) is 11.9 Å². The highest BCUT2D eigenvalue weighted by atomic mass is 32.2. The lowest BCUT2D eigenvalue weighted by Crippen LogP contribution is -2.33. The monoisotopic (exact) mass is 422 g/mol. The number of benzene rings is 2. The second-order valence-electron chi connectivity index (χ2n) is 5.40. The summed E-state index contributed by atoms with van der Waals surface area (Å²) in [6, 6.07) is 9.88. The van der Waals surface area contributed by atoms with Crippen molar-refractivity contribution in [3.63, 3.8) is 0 Å². The summed E-state index contributed by atoms with van der Waals surface area (Å²) in [6.45, 7) is -1.50. The van der Waals surface area contributed by atoms with Crippen LogP contribution in [0.4, 0.5) is 32.0 Å². The Morgan fingerprint density at radius 1 is 0.857 bits per heavy atom. The van der Waals surface area contributed by atoms with Crippen LogP contribution in [0.3, 0.4) is 0 Å². The van der Waals surface area contributed by atoms with E-state index < -0.39 is 30.0 Å². The van der Waals surface area contributed by atoms with E-state index in [0.29, 0.717) is 0 Å². The highest BCUT2D eigenvalue weighted by Gasteiger charge is 2.29. The number of hydrogen-bond acceptors (Lipinski definition) is 3. The average molecular weight is 422 g/mol. The number of hydrogen-bond donors (Lipinski definition) is 2. The number of carbonyl (C=O) groups excluding carboxylic acids is 2. The molecular weight excluding hydrogens is 410 g/mol. The first-order valence-electron chi connectivity index (χ1n) is 7.55. The van der Waals surface area contributed by atoms with Gasteiger partial charge >= 0.3 is 11.7 Å². The molecule has 0 aliphatic carbocycles. The summed E-state index contributed by atoms with van der Waals surface area (Å²) in [5, 5.41) is 4.13. The van der Waals surface area contributed by atoms with Crippen LogP contribution in [-0.2, 0) is 0 Å². The van der Waals surface area contributed by atoms with E-state index in [-0.39, 0.29) is 33.5 Å². The molecule has 4 nitrogen and oxygen atoms in total. The number of amides is 2. The predicted molar refractivity (Wildman–Crippen MR) is 91.1 cm³/mol. The van der Waals surface area contributed by atoms with E-state index in [1.54, 1.807) is 5.32 Å². The summed E-state index contributed by atoms with van der Waals surface area (Å²) in [5.41, 5.74) is -4.34. The summed E-state index contributed by atoms with van der Waals surface area (Å²) in [6.07, 6.45) is -4.56. The fourth-order valence-electron chi connectivity index (χ4n) is 2.03. The summed E-state index contributed by atoms with van der Waals surface area (Å²) >= 11 is -0.320. The van der Waals surface area contributed by atoms with Gasteiger partial charge in [0.05, 0.1) is 0 Å². The molecule has 150 valence electrons. The molecule has 0 fully saturated rings. The van der Waals surface area contributed by atoms with Gasteiger partial charge in [0.25, 0.3) is 11.8 Å². The van der Waals surface area contributed by atoms with Crippen molar-refractivity contribution in [3.8, 4) is 0 Å². The number of nitrogens with one attached hydrogen (secondary N) is 2. The van der Waals surface area contributed by atoms with Crippen LogP contribution in [0, 0.1) is 0 Å². The molecule has 0 aliphatic rings. The first-order valence-corrected chi connectivity index (χ1v) is 8.37. The molecule has 0 bridgehead atoms. The predicted octanol–water partition coefficient (Wildman–Crippen LogP) is 4.84. The van der Waals surface area contributed by atoms with E-state index in [0.717, 1.165) is 12.1 Å². The van der Waals surface area contributed by atoms with Gasteiger partial charge in [-0.1, -0.05) is 6.07 Å². The third-order valence-electron chi connectivity index (χ3n) is 3.18. The van der Waals surface area contributed by atoms with Crippen molar-refractivity contribution in [3.05, 3.63) is 59.7 Å². The van der Waals surface area contributed by atoms with Crippen LogP contribution in [0.15, 0.2) is 53.4 Å². The SMILES string of the molecule is O=C(NCC(F)(F)F)c1cccc(NC(=O)c2ccc(SC(F)(F)F)cc2)c1. The fourth-order valence-corrected chi connectivity index (χ4v) is 2.57. The highest BCUT2D eigenvalue weighted by molar-refractivity contribution is 8.00. The van der Waals surface area contributed by atoms with Gasteiger partial charge in [-0.15, -0.1) is 0 Å². The molecule has 2 N–H and O–H groups in total. The molecule has 0 saturated heterocycles. The number of carbonyl (C=O) groups is 2. The maximum absolute atomic E-state index is 12.3. The maximum atomic E-state index is 12.3. The van der Waals surface area contributed by atoms with E-state index in [1.807, 2.05) is 0 Å². The van der Waals surface area contributed by atoms with Crippen molar-refractivity contribution < 1.29 is 35.9 Å². The molecule has 0 aliphatic heterocycles. The quantitative estimate of drug-likeness (QED) is 0.536. The Bertz CT molecular complexity index is 850. The average Bonchev–Trinajstić information content (AvgIpc) is 2.58. The lowest BCUT2D eigenvalue weighted by molar-refractivity contribution is -0.123. The molecule has 2 rings (SSSR count). The molecule has 0 spiro atoms. The minimum absolute atomic E-state index is 0.0680. The van der Waals surface area contributed by atoms with Gasteiger partial charge in [-0.05, 0) is 54.2 Å². The molecule has 28 heavy (non-hydrogen) atoms. The maximum Gasteiger partial charge on any atom is 0.446 e. The molecule has 11 heteroatoms. The zero-order valence-electron chi connectivity index (χ0n) is 13.8. The smallest absolute Gasteiger partial charge is 0.343 e. The molecular formula is C17H12F6N2O2S. The Kier molecular flexibility index (Phi) is 6.60. The van der Waals surface area contributed by atoms with Crippen LogP contribution in [0.5, 0.6) is 0 Å². The topological polar surface area (TPSA) is 58.2 Å². The van der Waals surface area contributed by atoms with E-state index in [9.17, 15) is 35.9 Å². The molecule has 0 radical (unpaired) electrons. The summed E-state index contributed by atoms with van der Waals surface area (Å²) in [5.74, 6) is -1.63. The lowest BCUT2D eigenvalue weighted by atomic mass is 10.1. The number of rotatable bonds is 5. The van der Waals surface area contributed by atoms with Gasteiger partial charge in [-0.2, -0.15) is 26.3 Å². The normalized spacial score (nSPS) is 11.8. The van der Waals surface area contributed by atoms with E-state index in [1.165, 1.54) is 36.4 Å². The van der Waals surface area contributed by atoms with Crippen molar-refractivity contribution in [1.29, 1.82) is 0 Å². The Balaban J connectivity index is 2.03. The Labute approximate surface area is 159 Å². The Morgan fingerprint density at radius 2 is 1.50 bits per heavy atom. The largest absolute Gasteiger partial charge is 0.446 e. The molecule has 0 atom stereocenters. The third kappa shape index (κ3) is 7.14. The van der Waals surface area contributed by atoms with E-state index in [4.69, 9.17) is 0 Å². The van der Waals surface area contributed by atoms with Crippen LogP contribution in [0.1, 0.15) is 20.7 Å². The fraction of sp³-hybridized carbons (Fsp3) is 0.176. The van der Waals surface area contributed by atoms with Crippen LogP contribution in [-0.4, -0.2) is 30.0 Å². The van der Waals surface area contributed by atoms with Gasteiger partial charge in [0.1, 0.15) is 6.54 Å². The minimum atomic E-state index is -4.56. The van der Waals surface area contributed by atoms with Crippen molar-refractivity contribution in [1.82, 2.24) is 5.32 Å². The van der Waals surface area contributed by atoms with Gasteiger partial charge < -0.3 is 10.6 Å². The summed E-state index contributed by atoms with van der Waals surface area (Å²) in [4.78, 5) is 23.8. The molecule has 0 heterocycles. The van der Waals surface area contributed by atoms with E-state index >= 15 is 0 Å². The van der Waals surface area contributed by atoms with Gasteiger partial charge in [0, 0.05) is 21.7 Å². The van der Waals surface area contributed by atoms with Gasteiger partial charge in [-0.25, -0.2) is 0 Å². The Hall–Kier alpha value is -2.69. The second kappa shape index (κ2) is 8.55. The molecule has 0 aromatic heterocycles. The second-order valence-corrected chi connectivity index (χ2v) is 6.54. The minimum Gasteiger partial charge on any atom is -0.343 e. The van der Waals surface area contributed by atoms with Gasteiger partial charge in [0.2, 0.25) is 0 Å². The Morgan fingerprint density at radius 3 is 2.07 bits per heavy atom. The van der Waals surface area contributed by atoms with Gasteiger partial charge in [-0.3, -0.25) is 9.59 Å². The first kappa shape index (κ1) is 21.6. The number of halogens is 6. The van der Waals surface area contributed by atoms with E-state index in [2.05, 4.69) is 5.32 Å². The molecule has 2 amide bonds.